The monoisotopic (exact) mass is 230 g/mol. The summed E-state index contributed by atoms with van der Waals surface area (Å²) >= 11 is 0. The van der Waals surface area contributed by atoms with Crippen LogP contribution in [0.1, 0.15) is 0 Å². The molecule has 90 valence electrons. The number of aliphatic hydroxyl groups excluding tert-OH is 1. The Labute approximate surface area is 92.0 Å². The number of methoxy groups -OCH3 is 1. The summed E-state index contributed by atoms with van der Waals surface area (Å²) in [5.74, 6) is -0.188. The fraction of sp³-hybridized carbons (Fsp3) is 0.625. The number of likely N-dealkylation sites (N-methyl/N-ethyl adjacent to an activating group) is 1. The Morgan fingerprint density at radius 3 is 3.06 bits per heavy atom. The van der Waals surface area contributed by atoms with Crippen molar-refractivity contribution in [2.45, 2.75) is 6.10 Å². The highest BCUT2D eigenvalue weighted by Crippen LogP contribution is 2.23. The van der Waals surface area contributed by atoms with Crippen molar-refractivity contribution in [1.29, 1.82) is 0 Å². The van der Waals surface area contributed by atoms with Gasteiger partial charge in [0, 0.05) is 20.7 Å². The molecule has 8 nitrogen and oxygen atoms in total. The molecule has 0 aliphatic carbocycles. The van der Waals surface area contributed by atoms with E-state index >= 15 is 0 Å². The van der Waals surface area contributed by atoms with Crippen molar-refractivity contribution >= 4 is 11.5 Å². The summed E-state index contributed by atoms with van der Waals surface area (Å²) < 4.78 is 4.77. The van der Waals surface area contributed by atoms with E-state index in [4.69, 9.17) is 4.74 Å². The predicted octanol–water partition coefficient (Wildman–Crippen LogP) is -0.239. The summed E-state index contributed by atoms with van der Waals surface area (Å²) in [4.78, 5) is 11.6. The number of rotatable bonds is 6. The minimum absolute atomic E-state index is 0.177. The second-order valence-corrected chi connectivity index (χ2v) is 3.35. The van der Waals surface area contributed by atoms with Crippen LogP contribution in [0.3, 0.4) is 0 Å². The Balaban J connectivity index is 2.68. The van der Waals surface area contributed by atoms with Gasteiger partial charge in [0.15, 0.2) is 5.69 Å². The summed E-state index contributed by atoms with van der Waals surface area (Å²) in [6, 6.07) is 0. The number of nitrogens with zero attached hydrogens (tertiary/aromatic N) is 3. The van der Waals surface area contributed by atoms with Crippen molar-refractivity contribution < 1.29 is 14.8 Å². The molecule has 1 aromatic rings. The van der Waals surface area contributed by atoms with Gasteiger partial charge < -0.3 is 24.9 Å². The third-order valence-electron chi connectivity index (χ3n) is 2.04. The maximum atomic E-state index is 10.6. The van der Waals surface area contributed by atoms with Crippen LogP contribution in [-0.4, -0.2) is 53.6 Å². The Bertz CT molecular complexity index is 354. The average molecular weight is 230 g/mol. The number of H-pyrrole nitrogens is 1. The number of ether oxygens (including phenoxy) is 1. The van der Waals surface area contributed by atoms with Gasteiger partial charge in [-0.1, -0.05) is 5.10 Å². The van der Waals surface area contributed by atoms with Gasteiger partial charge in [-0.15, -0.1) is 5.10 Å². The van der Waals surface area contributed by atoms with E-state index < -0.39 is 11.0 Å². The maximum Gasteiger partial charge on any atom is 0.366 e. The highest BCUT2D eigenvalue weighted by Gasteiger charge is 2.20. The average Bonchev–Trinajstić information content (AvgIpc) is 2.65. The van der Waals surface area contributed by atoms with E-state index in [-0.39, 0.29) is 19.0 Å². The van der Waals surface area contributed by atoms with Crippen molar-refractivity contribution in [3.8, 4) is 0 Å². The van der Waals surface area contributed by atoms with Crippen LogP contribution in [0.4, 0.5) is 11.5 Å². The van der Waals surface area contributed by atoms with Crippen molar-refractivity contribution in [1.82, 2.24) is 10.2 Å². The SMILES string of the molecule is COCC(O)CN(C)c1cn[nH]c1[N+](=O)[O-]. The smallest absolute Gasteiger partial charge is 0.366 e. The van der Waals surface area contributed by atoms with E-state index in [1.54, 1.807) is 11.9 Å². The van der Waals surface area contributed by atoms with Gasteiger partial charge in [0.1, 0.15) is 6.20 Å². The predicted molar refractivity (Wildman–Crippen MR) is 56.4 cm³/mol. The zero-order chi connectivity index (χ0) is 12.1. The van der Waals surface area contributed by atoms with Crippen LogP contribution in [0, 0.1) is 10.1 Å². The number of aliphatic hydroxyl groups is 1. The van der Waals surface area contributed by atoms with Gasteiger partial charge in [0.2, 0.25) is 0 Å². The van der Waals surface area contributed by atoms with Crippen molar-refractivity contribution in [2.24, 2.45) is 0 Å². The molecular weight excluding hydrogens is 216 g/mol. The molecular formula is C8H14N4O4. The van der Waals surface area contributed by atoms with Gasteiger partial charge in [-0.25, -0.2) is 0 Å². The van der Waals surface area contributed by atoms with Gasteiger partial charge in [0.25, 0.3) is 0 Å². The number of nitro groups is 1. The van der Waals surface area contributed by atoms with E-state index in [1.165, 1.54) is 13.3 Å². The second kappa shape index (κ2) is 5.42. The standard InChI is InChI=1S/C8H14N4O4/c1-11(4-6(13)5-16-2)7-3-9-10-8(7)12(14)15/h3,6,13H,4-5H2,1-2H3,(H,9,10). The number of anilines is 1. The van der Waals surface area contributed by atoms with Crippen LogP contribution >= 0.6 is 0 Å². The molecule has 0 aliphatic rings. The number of aromatic amines is 1. The van der Waals surface area contributed by atoms with Gasteiger partial charge in [0.05, 0.1) is 12.7 Å². The summed E-state index contributed by atoms with van der Waals surface area (Å²) in [7, 11) is 3.11. The first-order chi connectivity index (χ1) is 7.56. The highest BCUT2D eigenvalue weighted by molar-refractivity contribution is 5.57. The molecule has 0 aliphatic heterocycles. The quantitative estimate of drug-likeness (QED) is 0.516. The minimum Gasteiger partial charge on any atom is -0.389 e. The van der Waals surface area contributed by atoms with Gasteiger partial charge >= 0.3 is 5.82 Å². The molecule has 0 amide bonds. The fourth-order valence-electron chi connectivity index (χ4n) is 1.35. The molecule has 0 aromatic carbocycles. The van der Waals surface area contributed by atoms with Crippen LogP contribution in [-0.2, 0) is 4.74 Å². The van der Waals surface area contributed by atoms with Crippen molar-refractivity contribution in [3.63, 3.8) is 0 Å². The first-order valence-corrected chi connectivity index (χ1v) is 4.62. The van der Waals surface area contributed by atoms with Crippen molar-refractivity contribution in [3.05, 3.63) is 16.3 Å². The van der Waals surface area contributed by atoms with Gasteiger partial charge in [-0.05, 0) is 4.92 Å². The number of hydrogen-bond acceptors (Lipinski definition) is 6. The van der Waals surface area contributed by atoms with Crippen molar-refractivity contribution in [2.75, 3.05) is 32.2 Å². The molecule has 0 saturated carbocycles. The van der Waals surface area contributed by atoms with E-state index in [0.29, 0.717) is 5.69 Å². The topological polar surface area (TPSA) is 105 Å². The molecule has 1 unspecified atom stereocenters. The summed E-state index contributed by atoms with van der Waals surface area (Å²) in [6.07, 6.45) is 0.641. The molecule has 0 saturated heterocycles. The lowest BCUT2D eigenvalue weighted by molar-refractivity contribution is -0.388. The zero-order valence-corrected chi connectivity index (χ0v) is 9.08. The van der Waals surface area contributed by atoms with Crippen LogP contribution in [0.15, 0.2) is 6.20 Å². The molecule has 1 heterocycles. The molecule has 8 heteroatoms. The lowest BCUT2D eigenvalue weighted by atomic mass is 10.3. The maximum absolute atomic E-state index is 10.6. The number of nitrogens with one attached hydrogen (secondary N) is 1. The largest absolute Gasteiger partial charge is 0.389 e. The van der Waals surface area contributed by atoms with E-state index in [9.17, 15) is 15.2 Å². The van der Waals surface area contributed by atoms with Crippen LogP contribution in [0.5, 0.6) is 0 Å². The molecule has 16 heavy (non-hydrogen) atoms. The Morgan fingerprint density at radius 2 is 2.50 bits per heavy atom. The molecule has 1 atom stereocenters. The normalized spacial score (nSPS) is 12.4. The molecule has 0 fully saturated rings. The molecule has 1 rings (SSSR count). The van der Waals surface area contributed by atoms with E-state index in [2.05, 4.69) is 10.2 Å². The molecule has 0 bridgehead atoms. The third kappa shape index (κ3) is 2.91. The Kier molecular flexibility index (Phi) is 4.20. The summed E-state index contributed by atoms with van der Waals surface area (Å²) in [5.41, 5.74) is 0.333. The lowest BCUT2D eigenvalue weighted by Crippen LogP contribution is -2.31. The van der Waals surface area contributed by atoms with E-state index in [0.717, 1.165) is 0 Å². The molecule has 2 N–H and O–H groups in total. The molecule has 1 aromatic heterocycles. The fourth-order valence-corrected chi connectivity index (χ4v) is 1.35. The van der Waals surface area contributed by atoms with Crippen LogP contribution in [0.25, 0.3) is 0 Å². The number of hydrogen-bond donors (Lipinski definition) is 2. The van der Waals surface area contributed by atoms with Crippen LogP contribution in [0.2, 0.25) is 0 Å². The Hall–Kier alpha value is -1.67. The van der Waals surface area contributed by atoms with Gasteiger partial charge in [-0.2, -0.15) is 0 Å². The van der Waals surface area contributed by atoms with Gasteiger partial charge in [-0.3, -0.25) is 0 Å². The number of aromatic nitrogens is 2. The summed E-state index contributed by atoms with van der Waals surface area (Å²) in [6.45, 7) is 0.407. The highest BCUT2D eigenvalue weighted by atomic mass is 16.6. The molecule has 0 spiro atoms. The van der Waals surface area contributed by atoms with Crippen LogP contribution < -0.4 is 4.90 Å². The first-order valence-electron chi connectivity index (χ1n) is 4.62. The Morgan fingerprint density at radius 1 is 1.81 bits per heavy atom. The second-order valence-electron chi connectivity index (χ2n) is 3.35. The minimum atomic E-state index is -0.704. The summed E-state index contributed by atoms with van der Waals surface area (Å²) in [5, 5.41) is 26.0. The third-order valence-corrected chi connectivity index (χ3v) is 2.04. The first kappa shape index (κ1) is 12.4. The zero-order valence-electron chi connectivity index (χ0n) is 9.08. The van der Waals surface area contributed by atoms with E-state index in [1.807, 2.05) is 0 Å². The lowest BCUT2D eigenvalue weighted by Gasteiger charge is -2.19. The molecule has 0 radical (unpaired) electrons.